The molecule has 1 aliphatic carbocycles. The molecule has 0 aliphatic heterocycles. The van der Waals surface area contributed by atoms with Crippen LogP contribution in [0, 0.1) is 11.7 Å². The molecule has 1 aromatic heterocycles. The van der Waals surface area contributed by atoms with Crippen molar-refractivity contribution in [2.75, 3.05) is 0 Å². The van der Waals surface area contributed by atoms with Crippen molar-refractivity contribution in [1.82, 2.24) is 14.9 Å². The Hall–Kier alpha value is -2.47. The molecule has 1 saturated carbocycles. The topological polar surface area (TPSA) is 67.2 Å². The summed E-state index contributed by atoms with van der Waals surface area (Å²) >= 11 is 0. The largest absolute Gasteiger partial charge is 0.391 e. The van der Waals surface area contributed by atoms with Crippen LogP contribution < -0.4 is 5.32 Å². The number of benzene rings is 1. The van der Waals surface area contributed by atoms with Crippen LogP contribution in [-0.4, -0.2) is 32.7 Å². The van der Waals surface area contributed by atoms with Gasteiger partial charge in [-0.1, -0.05) is 11.6 Å². The first-order chi connectivity index (χ1) is 12.9. The van der Waals surface area contributed by atoms with Gasteiger partial charge in [-0.05, 0) is 62.8 Å². The van der Waals surface area contributed by atoms with Crippen LogP contribution in [-0.2, 0) is 13.0 Å². The Morgan fingerprint density at radius 3 is 2.93 bits per heavy atom. The van der Waals surface area contributed by atoms with E-state index >= 15 is 0 Å². The summed E-state index contributed by atoms with van der Waals surface area (Å²) in [6.45, 7) is 4.68. The number of amides is 1. The second-order valence-corrected chi connectivity index (χ2v) is 7.54. The van der Waals surface area contributed by atoms with Crippen LogP contribution in [0.25, 0.3) is 0 Å². The predicted molar refractivity (Wildman–Crippen MR) is 102 cm³/mol. The number of carbonyl (C=O) groups excluding carboxylic acids is 1. The van der Waals surface area contributed by atoms with E-state index in [-0.39, 0.29) is 23.7 Å². The maximum absolute atomic E-state index is 14.0. The van der Waals surface area contributed by atoms with Gasteiger partial charge in [0.2, 0.25) is 0 Å². The third-order valence-corrected chi connectivity index (χ3v) is 5.01. The summed E-state index contributed by atoms with van der Waals surface area (Å²) in [6, 6.07) is 4.11. The smallest absolute Gasteiger partial charge is 0.251 e. The normalized spacial score (nSPS) is 21.9. The van der Waals surface area contributed by atoms with Crippen molar-refractivity contribution in [2.45, 2.75) is 51.8 Å². The summed E-state index contributed by atoms with van der Waals surface area (Å²) in [6.07, 6.45) is 8.53. The van der Waals surface area contributed by atoms with Crippen molar-refractivity contribution in [3.8, 4) is 0 Å². The number of nitrogens with one attached hydrogen (secondary N) is 1. The lowest BCUT2D eigenvalue weighted by molar-refractivity contribution is 0.0872. The van der Waals surface area contributed by atoms with E-state index in [2.05, 4.69) is 10.3 Å². The summed E-state index contributed by atoms with van der Waals surface area (Å²) in [5.74, 6) is -0.313. The zero-order valence-corrected chi connectivity index (χ0v) is 15.7. The molecule has 3 atom stereocenters. The van der Waals surface area contributed by atoms with Gasteiger partial charge in [0, 0.05) is 24.5 Å². The molecule has 2 aromatic rings. The number of carbonyl (C=O) groups is 1. The number of nitrogens with zero attached hydrogens (tertiary/aromatic N) is 2. The number of allylic oxidation sites excluding steroid dienone is 2. The molecule has 0 spiro atoms. The van der Waals surface area contributed by atoms with E-state index in [4.69, 9.17) is 0 Å². The minimum atomic E-state index is -0.576. The van der Waals surface area contributed by atoms with Crippen molar-refractivity contribution in [3.05, 3.63) is 65.5 Å². The number of rotatable bonds is 6. The molecule has 0 bridgehead atoms. The zero-order chi connectivity index (χ0) is 19.4. The minimum absolute atomic E-state index is 0.277. The van der Waals surface area contributed by atoms with Gasteiger partial charge < -0.3 is 15.0 Å². The lowest BCUT2D eigenvalue weighted by atomic mass is 10.0. The van der Waals surface area contributed by atoms with Crippen LogP contribution in [0.2, 0.25) is 0 Å². The average Bonchev–Trinajstić information content (AvgIpc) is 3.24. The van der Waals surface area contributed by atoms with Crippen molar-refractivity contribution >= 4 is 5.91 Å². The van der Waals surface area contributed by atoms with E-state index in [0.29, 0.717) is 30.4 Å². The van der Waals surface area contributed by atoms with E-state index in [1.165, 1.54) is 12.1 Å². The second kappa shape index (κ2) is 8.48. The van der Waals surface area contributed by atoms with Crippen molar-refractivity contribution in [2.24, 2.45) is 5.92 Å². The van der Waals surface area contributed by atoms with Gasteiger partial charge in [0.1, 0.15) is 5.82 Å². The molecule has 1 unspecified atom stereocenters. The molecule has 1 fully saturated rings. The van der Waals surface area contributed by atoms with Crippen LogP contribution in [0.15, 0.2) is 48.6 Å². The van der Waals surface area contributed by atoms with Gasteiger partial charge in [-0.15, -0.1) is 0 Å². The van der Waals surface area contributed by atoms with E-state index < -0.39 is 6.10 Å². The Morgan fingerprint density at radius 1 is 1.41 bits per heavy atom. The van der Waals surface area contributed by atoms with Crippen molar-refractivity contribution in [1.29, 1.82) is 0 Å². The van der Waals surface area contributed by atoms with E-state index in [1.54, 1.807) is 18.6 Å². The number of hydrogen-bond donors (Lipinski definition) is 2. The monoisotopic (exact) mass is 371 g/mol. The number of aliphatic hydroxyl groups is 1. The first-order valence-corrected chi connectivity index (χ1v) is 9.29. The van der Waals surface area contributed by atoms with Crippen LogP contribution in [0.3, 0.4) is 0 Å². The van der Waals surface area contributed by atoms with Gasteiger partial charge >= 0.3 is 0 Å². The molecule has 2 N–H and O–H groups in total. The summed E-state index contributed by atoms with van der Waals surface area (Å²) < 4.78 is 16.0. The van der Waals surface area contributed by atoms with E-state index in [0.717, 1.165) is 12.1 Å². The molecule has 3 rings (SSSR count). The van der Waals surface area contributed by atoms with Crippen LogP contribution >= 0.6 is 0 Å². The molecular formula is C21H26FN3O2. The molecule has 1 aromatic carbocycles. The molecule has 27 heavy (non-hydrogen) atoms. The highest BCUT2D eigenvalue weighted by atomic mass is 19.1. The van der Waals surface area contributed by atoms with Crippen LogP contribution in [0.1, 0.15) is 42.6 Å². The van der Waals surface area contributed by atoms with Gasteiger partial charge in [-0.2, -0.15) is 0 Å². The third kappa shape index (κ3) is 5.04. The molecule has 1 amide bonds. The fourth-order valence-corrected chi connectivity index (χ4v) is 3.55. The summed E-state index contributed by atoms with van der Waals surface area (Å²) in [7, 11) is 0. The number of halogens is 1. The van der Waals surface area contributed by atoms with Gasteiger partial charge in [0.05, 0.1) is 18.5 Å². The first kappa shape index (κ1) is 19.3. The number of imidazole rings is 1. The molecule has 1 aliphatic rings. The number of aliphatic hydroxyl groups excluding tert-OH is 1. The van der Waals surface area contributed by atoms with Crippen LogP contribution in [0.5, 0.6) is 0 Å². The van der Waals surface area contributed by atoms with Crippen molar-refractivity contribution in [3.63, 3.8) is 0 Å². The van der Waals surface area contributed by atoms with Gasteiger partial charge in [-0.3, -0.25) is 4.79 Å². The summed E-state index contributed by atoms with van der Waals surface area (Å²) in [4.78, 5) is 16.6. The first-order valence-electron chi connectivity index (χ1n) is 9.29. The van der Waals surface area contributed by atoms with Crippen molar-refractivity contribution < 1.29 is 14.3 Å². The van der Waals surface area contributed by atoms with Gasteiger partial charge in [-0.25, -0.2) is 9.37 Å². The number of hydrogen-bond acceptors (Lipinski definition) is 3. The maximum Gasteiger partial charge on any atom is 0.251 e. The Labute approximate surface area is 158 Å². The highest BCUT2D eigenvalue weighted by Crippen LogP contribution is 2.28. The minimum Gasteiger partial charge on any atom is -0.391 e. The molecule has 0 saturated heterocycles. The quantitative estimate of drug-likeness (QED) is 0.767. The average molecular weight is 371 g/mol. The Bertz CT molecular complexity index is 813. The standard InChI is InChI=1S/C21H26FN3O2/c1-14(2)3-4-16-11-17(5-6-18(16)22)21(27)24-19-9-15(10-20(19)26)12-25-8-7-23-13-25/h3,5-8,11,13,15,19-20,26H,4,9-10,12H2,1-2H3,(H,24,27)/t15?,19-,20-/m1/s1. The van der Waals surface area contributed by atoms with Gasteiger partial charge in [0.25, 0.3) is 5.91 Å². The summed E-state index contributed by atoms with van der Waals surface area (Å²) in [5.41, 5.74) is 2.01. The molecule has 144 valence electrons. The number of aromatic nitrogens is 2. The SMILES string of the molecule is CC(C)=CCc1cc(C(=O)N[C@@H]2CC(Cn3ccnc3)C[C@H]2O)ccc1F. The molecule has 1 heterocycles. The predicted octanol–water partition coefficient (Wildman–Crippen LogP) is 3.10. The fraction of sp³-hybridized carbons (Fsp3) is 0.429. The lowest BCUT2D eigenvalue weighted by Crippen LogP contribution is -2.40. The van der Waals surface area contributed by atoms with Crippen LogP contribution in [0.4, 0.5) is 4.39 Å². The second-order valence-electron chi connectivity index (χ2n) is 7.54. The highest BCUT2D eigenvalue weighted by Gasteiger charge is 2.34. The fourth-order valence-electron chi connectivity index (χ4n) is 3.55. The summed E-state index contributed by atoms with van der Waals surface area (Å²) in [5, 5.41) is 13.2. The van der Waals surface area contributed by atoms with Gasteiger partial charge in [0.15, 0.2) is 0 Å². The van der Waals surface area contributed by atoms with E-state index in [9.17, 15) is 14.3 Å². The maximum atomic E-state index is 14.0. The lowest BCUT2D eigenvalue weighted by Gasteiger charge is -2.17. The molecule has 5 nitrogen and oxygen atoms in total. The highest BCUT2D eigenvalue weighted by molar-refractivity contribution is 5.94. The molecular weight excluding hydrogens is 345 g/mol. The Kier molecular flexibility index (Phi) is 6.06. The molecule has 6 heteroatoms. The third-order valence-electron chi connectivity index (χ3n) is 5.01. The molecule has 0 radical (unpaired) electrons. The van der Waals surface area contributed by atoms with E-state index in [1.807, 2.05) is 30.7 Å². The Morgan fingerprint density at radius 2 is 2.22 bits per heavy atom. The zero-order valence-electron chi connectivity index (χ0n) is 15.7. The Balaban J connectivity index is 1.63.